The highest BCUT2D eigenvalue weighted by molar-refractivity contribution is 5.66. The topological polar surface area (TPSA) is 52.4 Å². The normalized spacial score (nSPS) is 21.4. The minimum atomic E-state index is -4.58. The van der Waals surface area contributed by atoms with Crippen LogP contribution in [0, 0.1) is 10.1 Å². The maximum Gasteiger partial charge on any atom is 0.420 e. The highest BCUT2D eigenvalue weighted by atomic mass is 19.4. The molecule has 0 N–H and O–H groups in total. The van der Waals surface area contributed by atoms with Crippen molar-refractivity contribution in [1.82, 2.24) is 0 Å². The Balaban J connectivity index is 2.66. The third-order valence-electron chi connectivity index (χ3n) is 3.45. The first kappa shape index (κ1) is 14.4. The fourth-order valence-corrected chi connectivity index (χ4v) is 2.45. The molecule has 0 spiro atoms. The van der Waals surface area contributed by atoms with Crippen LogP contribution < -0.4 is 4.74 Å². The molecule has 2 unspecified atom stereocenters. The summed E-state index contributed by atoms with van der Waals surface area (Å²) in [5.74, 6) is -0.912. The Morgan fingerprint density at radius 3 is 2.50 bits per heavy atom. The number of rotatable bonds is 2. The van der Waals surface area contributed by atoms with E-state index in [1.807, 2.05) is 0 Å². The maximum absolute atomic E-state index is 13.2. The Bertz CT molecular complexity index is 581. The van der Waals surface area contributed by atoms with Gasteiger partial charge in [-0.3, -0.25) is 10.1 Å². The van der Waals surface area contributed by atoms with Gasteiger partial charge in [-0.2, -0.15) is 13.2 Å². The van der Waals surface area contributed by atoms with Crippen molar-refractivity contribution >= 4 is 6.08 Å². The van der Waals surface area contributed by atoms with Crippen molar-refractivity contribution in [1.29, 1.82) is 0 Å². The molecule has 1 aliphatic rings. The summed E-state index contributed by atoms with van der Waals surface area (Å²) < 4.78 is 44.2. The van der Waals surface area contributed by atoms with E-state index >= 15 is 0 Å². The van der Waals surface area contributed by atoms with Crippen molar-refractivity contribution in [2.75, 3.05) is 7.11 Å². The smallest absolute Gasteiger partial charge is 0.420 e. The predicted molar refractivity (Wildman–Crippen MR) is 66.2 cm³/mol. The Hall–Kier alpha value is -2.05. The Labute approximate surface area is 113 Å². The van der Waals surface area contributed by atoms with Gasteiger partial charge in [0, 0.05) is 4.92 Å². The van der Waals surface area contributed by atoms with E-state index in [1.54, 1.807) is 6.92 Å². The molecule has 0 heterocycles. The van der Waals surface area contributed by atoms with Crippen LogP contribution in [0.1, 0.15) is 29.5 Å². The number of alkyl halides is 3. The van der Waals surface area contributed by atoms with Crippen LogP contribution in [-0.2, 0) is 6.18 Å². The van der Waals surface area contributed by atoms with E-state index < -0.39 is 28.6 Å². The molecule has 0 radical (unpaired) electrons. The lowest BCUT2D eigenvalue weighted by atomic mass is 9.82. The second kappa shape index (κ2) is 4.81. The van der Waals surface area contributed by atoms with Crippen LogP contribution in [0.4, 0.5) is 13.2 Å². The SMILES string of the molecule is COc1ccc2c(c1C(F)(F)F)C=CC([N+](=O)[O-])C2C. The standard InChI is InChI=1S/C13H12F3NO3/c1-7-8-4-6-11(20-2)12(13(14,15)16)9(8)3-5-10(7)17(18)19/h3-7,10H,1-2H3. The summed E-state index contributed by atoms with van der Waals surface area (Å²) in [6.45, 7) is 1.54. The molecule has 1 aliphatic carbocycles. The highest BCUT2D eigenvalue weighted by Gasteiger charge is 2.41. The largest absolute Gasteiger partial charge is 0.496 e. The molecule has 1 aromatic carbocycles. The molecule has 0 fully saturated rings. The molecule has 0 bridgehead atoms. The van der Waals surface area contributed by atoms with Crippen molar-refractivity contribution in [2.24, 2.45) is 0 Å². The molecule has 0 amide bonds. The minimum absolute atomic E-state index is 0.0533. The predicted octanol–water partition coefficient (Wildman–Crippen LogP) is 3.49. The first-order valence-corrected chi connectivity index (χ1v) is 5.87. The van der Waals surface area contributed by atoms with E-state index in [1.165, 1.54) is 18.2 Å². The summed E-state index contributed by atoms with van der Waals surface area (Å²) in [5, 5.41) is 10.9. The number of methoxy groups -OCH3 is 1. The maximum atomic E-state index is 13.2. The third-order valence-corrected chi connectivity index (χ3v) is 3.45. The van der Waals surface area contributed by atoms with Crippen molar-refractivity contribution in [3.63, 3.8) is 0 Å². The number of hydrogen-bond donors (Lipinski definition) is 0. The number of halogens is 3. The van der Waals surface area contributed by atoms with E-state index in [0.717, 1.165) is 13.2 Å². The first-order valence-electron chi connectivity index (χ1n) is 5.87. The zero-order chi connectivity index (χ0) is 15.1. The van der Waals surface area contributed by atoms with Gasteiger partial charge in [-0.25, -0.2) is 0 Å². The van der Waals surface area contributed by atoms with Crippen LogP contribution in [0.25, 0.3) is 6.08 Å². The molecule has 2 rings (SSSR count). The van der Waals surface area contributed by atoms with Crippen molar-refractivity contribution in [3.8, 4) is 5.75 Å². The van der Waals surface area contributed by atoms with E-state index in [0.29, 0.717) is 5.56 Å². The van der Waals surface area contributed by atoms with Crippen LogP contribution in [0.15, 0.2) is 18.2 Å². The molecule has 1 aromatic rings. The van der Waals surface area contributed by atoms with Gasteiger partial charge in [0.05, 0.1) is 13.0 Å². The zero-order valence-corrected chi connectivity index (χ0v) is 10.8. The highest BCUT2D eigenvalue weighted by Crippen LogP contribution is 2.44. The number of nitro groups is 1. The minimum Gasteiger partial charge on any atom is -0.496 e. The summed E-state index contributed by atoms with van der Waals surface area (Å²) in [6.07, 6.45) is -2.22. The van der Waals surface area contributed by atoms with Gasteiger partial charge in [-0.15, -0.1) is 0 Å². The summed E-state index contributed by atoms with van der Waals surface area (Å²) in [5.41, 5.74) is -0.632. The molecule has 2 atom stereocenters. The number of hydrogen-bond acceptors (Lipinski definition) is 3. The van der Waals surface area contributed by atoms with Crippen LogP contribution in [0.2, 0.25) is 0 Å². The molecule has 0 aromatic heterocycles. The van der Waals surface area contributed by atoms with Crippen LogP contribution in [0.5, 0.6) is 5.75 Å². The van der Waals surface area contributed by atoms with Crippen LogP contribution in [-0.4, -0.2) is 18.1 Å². The summed E-state index contributed by atoms with van der Waals surface area (Å²) in [6, 6.07) is 1.64. The lowest BCUT2D eigenvalue weighted by Gasteiger charge is -2.25. The number of ether oxygens (including phenoxy) is 1. The van der Waals surface area contributed by atoms with Gasteiger partial charge in [0.15, 0.2) is 0 Å². The summed E-state index contributed by atoms with van der Waals surface area (Å²) in [7, 11) is 1.16. The first-order chi connectivity index (χ1) is 9.27. The molecule has 4 nitrogen and oxygen atoms in total. The fourth-order valence-electron chi connectivity index (χ4n) is 2.45. The van der Waals surface area contributed by atoms with Gasteiger partial charge in [0.1, 0.15) is 11.3 Å². The van der Waals surface area contributed by atoms with Gasteiger partial charge in [-0.1, -0.05) is 19.1 Å². The average Bonchev–Trinajstić information content (AvgIpc) is 2.36. The lowest BCUT2D eigenvalue weighted by molar-refractivity contribution is -0.512. The second-order valence-corrected chi connectivity index (χ2v) is 4.57. The second-order valence-electron chi connectivity index (χ2n) is 4.57. The Morgan fingerprint density at radius 1 is 1.35 bits per heavy atom. The van der Waals surface area contributed by atoms with Gasteiger partial charge in [-0.05, 0) is 23.3 Å². The number of nitrogens with zero attached hydrogens (tertiary/aromatic N) is 1. The van der Waals surface area contributed by atoms with Crippen molar-refractivity contribution in [3.05, 3.63) is 45.0 Å². The molecule has 0 aliphatic heterocycles. The fraction of sp³-hybridized carbons (Fsp3) is 0.385. The molecule has 20 heavy (non-hydrogen) atoms. The third kappa shape index (κ3) is 2.23. The molecule has 7 heteroatoms. The van der Waals surface area contributed by atoms with E-state index in [2.05, 4.69) is 0 Å². The Morgan fingerprint density at radius 2 is 2.00 bits per heavy atom. The van der Waals surface area contributed by atoms with Crippen LogP contribution in [0.3, 0.4) is 0 Å². The number of fused-ring (bicyclic) bond motifs is 1. The molecule has 108 valence electrons. The molecular formula is C13H12F3NO3. The zero-order valence-electron chi connectivity index (χ0n) is 10.8. The van der Waals surface area contributed by atoms with E-state index in [-0.39, 0.29) is 11.3 Å². The van der Waals surface area contributed by atoms with Gasteiger partial charge >= 0.3 is 6.18 Å². The summed E-state index contributed by atoms with van der Waals surface area (Å²) in [4.78, 5) is 10.4. The molecular weight excluding hydrogens is 275 g/mol. The number of benzene rings is 1. The van der Waals surface area contributed by atoms with Gasteiger partial charge in [0.2, 0.25) is 6.04 Å². The quantitative estimate of drug-likeness (QED) is 0.618. The van der Waals surface area contributed by atoms with E-state index in [9.17, 15) is 23.3 Å². The molecule has 0 saturated heterocycles. The Kier molecular flexibility index (Phi) is 3.45. The van der Waals surface area contributed by atoms with E-state index in [4.69, 9.17) is 4.74 Å². The van der Waals surface area contributed by atoms with Gasteiger partial charge < -0.3 is 4.74 Å². The van der Waals surface area contributed by atoms with Crippen molar-refractivity contribution in [2.45, 2.75) is 25.1 Å². The van der Waals surface area contributed by atoms with Crippen molar-refractivity contribution < 1.29 is 22.8 Å². The molecule has 0 saturated carbocycles. The lowest BCUT2D eigenvalue weighted by Crippen LogP contribution is -2.27. The van der Waals surface area contributed by atoms with Gasteiger partial charge in [0.25, 0.3) is 0 Å². The summed E-state index contributed by atoms with van der Waals surface area (Å²) >= 11 is 0. The van der Waals surface area contributed by atoms with Crippen LogP contribution >= 0.6 is 0 Å². The average molecular weight is 287 g/mol. The monoisotopic (exact) mass is 287 g/mol.